The van der Waals surface area contributed by atoms with E-state index in [1.54, 1.807) is 86.8 Å². The minimum absolute atomic E-state index is 0. The number of carbonyl (C=O) groups is 3. The minimum Gasteiger partial charge on any atom is -0.481 e. The van der Waals surface area contributed by atoms with E-state index in [-0.39, 0.29) is 61.2 Å². The zero-order chi connectivity index (χ0) is 48.4. The van der Waals surface area contributed by atoms with Gasteiger partial charge in [-0.2, -0.15) is 0 Å². The number of carbonyl (C=O) groups excluding carboxylic acids is 2. The molecular formula is C47H71NNaO17. The maximum Gasteiger partial charge on any atom is 0.311 e. The van der Waals surface area contributed by atoms with Gasteiger partial charge < -0.3 is 75.7 Å². The van der Waals surface area contributed by atoms with E-state index in [9.17, 15) is 65.4 Å². The molecule has 367 valence electrons. The van der Waals surface area contributed by atoms with Crippen LogP contribution in [0.2, 0.25) is 0 Å². The number of carboxylic acid groups (broad SMARTS) is 1. The molecule has 18 nitrogen and oxygen atoms in total. The Hall–Kier alpha value is -2.73. The van der Waals surface area contributed by atoms with Crippen molar-refractivity contribution < 1.29 is 84.4 Å². The Kier molecular flexibility index (Phi) is 26.4. The predicted molar refractivity (Wildman–Crippen MR) is 242 cm³/mol. The molecule has 0 aromatic carbocycles. The quantitative estimate of drug-likeness (QED) is 0.136. The first-order chi connectivity index (χ1) is 30.6. The van der Waals surface area contributed by atoms with Gasteiger partial charge in [0.2, 0.25) is 0 Å². The molecule has 0 aromatic heterocycles. The van der Waals surface area contributed by atoms with Crippen LogP contribution in [-0.2, 0) is 33.3 Å². The molecule has 0 amide bonds. The van der Waals surface area contributed by atoms with E-state index in [1.807, 2.05) is 13.0 Å². The van der Waals surface area contributed by atoms with Crippen LogP contribution < -0.4 is 5.73 Å². The second-order valence-electron chi connectivity index (χ2n) is 17.4. The molecule has 2 fully saturated rings. The summed E-state index contributed by atoms with van der Waals surface area (Å²) in [4.78, 5) is 37.8. The Bertz CT molecular complexity index is 1720. The number of hydrogen-bond acceptors (Lipinski definition) is 17. The van der Waals surface area contributed by atoms with E-state index in [4.69, 9.17) is 24.7 Å². The van der Waals surface area contributed by atoms with Crippen LogP contribution in [0, 0.1) is 17.8 Å². The van der Waals surface area contributed by atoms with Gasteiger partial charge in [-0.15, -0.1) is 0 Å². The van der Waals surface area contributed by atoms with Crippen LogP contribution in [0.3, 0.4) is 0 Å². The number of Topliss-reactive ketones (excluding diaryl/α,β-unsaturated/α-hetero) is 1. The van der Waals surface area contributed by atoms with Crippen LogP contribution in [0.1, 0.15) is 79.1 Å². The largest absolute Gasteiger partial charge is 0.481 e. The summed E-state index contributed by atoms with van der Waals surface area (Å²) in [6.07, 6.45) is 3.67. The van der Waals surface area contributed by atoms with Crippen LogP contribution in [-0.4, -0.2) is 190 Å². The zero-order valence-corrected chi connectivity index (χ0v) is 40.5. The normalized spacial score (nSPS) is 43.7. The number of rotatable bonds is 3. The van der Waals surface area contributed by atoms with Crippen LogP contribution in [0.25, 0.3) is 0 Å². The van der Waals surface area contributed by atoms with E-state index in [0.717, 1.165) is 0 Å². The van der Waals surface area contributed by atoms with Crippen molar-refractivity contribution in [2.45, 2.75) is 170 Å². The molecule has 66 heavy (non-hydrogen) atoms. The van der Waals surface area contributed by atoms with Crippen molar-refractivity contribution in [3.8, 4) is 0 Å². The number of ether oxygens (including phenoxy) is 4. The Morgan fingerprint density at radius 1 is 0.697 bits per heavy atom. The van der Waals surface area contributed by atoms with Crippen molar-refractivity contribution in [2.75, 3.05) is 0 Å². The van der Waals surface area contributed by atoms with E-state index < -0.39 is 147 Å². The summed E-state index contributed by atoms with van der Waals surface area (Å²) in [5.41, 5.74) is 6.01. The molecule has 2 bridgehead atoms. The van der Waals surface area contributed by atoms with Crippen molar-refractivity contribution in [3.63, 3.8) is 0 Å². The molecular weight excluding hydrogens is 873 g/mol. The molecule has 3 aliphatic heterocycles. The molecule has 1 radical (unpaired) electrons. The van der Waals surface area contributed by atoms with Crippen molar-refractivity contribution in [3.05, 3.63) is 85.1 Å². The number of esters is 1. The van der Waals surface area contributed by atoms with Gasteiger partial charge in [0.1, 0.15) is 23.9 Å². The fourth-order valence-electron chi connectivity index (χ4n) is 7.82. The van der Waals surface area contributed by atoms with Crippen LogP contribution in [0.4, 0.5) is 0 Å². The smallest absolute Gasteiger partial charge is 0.311 e. The minimum atomic E-state index is -2.38. The molecule has 3 rings (SSSR count). The molecule has 3 heterocycles. The third-order valence-corrected chi connectivity index (χ3v) is 11.9. The first-order valence-corrected chi connectivity index (χ1v) is 22.2. The van der Waals surface area contributed by atoms with Crippen LogP contribution in [0.15, 0.2) is 85.1 Å². The molecule has 3 aliphatic rings. The first kappa shape index (κ1) is 59.4. The van der Waals surface area contributed by atoms with Crippen LogP contribution >= 0.6 is 0 Å². The molecule has 0 aliphatic carbocycles. The van der Waals surface area contributed by atoms with Gasteiger partial charge in [0, 0.05) is 79.9 Å². The monoisotopic (exact) mass is 944 g/mol. The molecule has 12 N–H and O–H groups in total. The summed E-state index contributed by atoms with van der Waals surface area (Å²) in [6.45, 7) is 6.70. The predicted octanol–water partition coefficient (Wildman–Crippen LogP) is 0.539. The van der Waals surface area contributed by atoms with Gasteiger partial charge in [-0.05, 0) is 20.3 Å². The molecule has 0 saturated carbocycles. The number of aliphatic hydroxyl groups is 9. The molecule has 19 heteroatoms. The van der Waals surface area contributed by atoms with Crippen molar-refractivity contribution in [2.24, 2.45) is 23.5 Å². The maximum absolute atomic E-state index is 12.7. The number of aliphatic hydroxyl groups excluding tert-OH is 8. The van der Waals surface area contributed by atoms with Crippen molar-refractivity contribution >= 4 is 47.3 Å². The Morgan fingerprint density at radius 3 is 1.80 bits per heavy atom. The average Bonchev–Trinajstić information content (AvgIpc) is 3.21. The molecule has 2 saturated heterocycles. The summed E-state index contributed by atoms with van der Waals surface area (Å²) in [6, 6.07) is -1.15. The number of allylic oxidation sites excluding steroid dienone is 12. The van der Waals surface area contributed by atoms with Crippen LogP contribution in [0.5, 0.6) is 0 Å². The molecule has 0 aromatic rings. The molecule has 18 atom stereocenters. The Labute approximate surface area is 408 Å². The number of hydrogen-bond donors (Lipinski definition) is 11. The third-order valence-electron chi connectivity index (χ3n) is 11.9. The van der Waals surface area contributed by atoms with E-state index >= 15 is 0 Å². The Balaban J connectivity index is 0.0000150. The third kappa shape index (κ3) is 19.7. The summed E-state index contributed by atoms with van der Waals surface area (Å²) in [5, 5.41) is 107. The van der Waals surface area contributed by atoms with Crippen molar-refractivity contribution in [1.82, 2.24) is 0 Å². The number of fused-ring (bicyclic) bond motifs is 2. The first-order valence-electron chi connectivity index (χ1n) is 22.2. The van der Waals surface area contributed by atoms with E-state index in [0.29, 0.717) is 0 Å². The summed E-state index contributed by atoms with van der Waals surface area (Å²) in [7, 11) is 0. The van der Waals surface area contributed by atoms with Crippen molar-refractivity contribution in [1.29, 1.82) is 0 Å². The number of cyclic esters (lactones) is 1. The average molecular weight is 945 g/mol. The topological polar surface area (TPSA) is 316 Å². The van der Waals surface area contributed by atoms with Gasteiger partial charge in [-0.1, -0.05) is 98.9 Å². The van der Waals surface area contributed by atoms with E-state index in [1.165, 1.54) is 13.0 Å². The van der Waals surface area contributed by atoms with Gasteiger partial charge in [0.05, 0.1) is 73.5 Å². The van der Waals surface area contributed by atoms with Gasteiger partial charge >= 0.3 is 11.9 Å². The van der Waals surface area contributed by atoms with Gasteiger partial charge in [-0.3, -0.25) is 14.4 Å². The zero-order valence-electron chi connectivity index (χ0n) is 38.5. The number of nitrogens with two attached hydrogens (primary N) is 1. The number of ketones is 1. The maximum atomic E-state index is 12.7. The standard InChI is InChI=1S/C47H71NO17.Na/c1-27-17-15-13-11-9-7-5-6-8-10-12-14-16-18-34(64-46-44(58)41(48)43(57)30(4)63-46)24-38-40(45(59)60)37(54)26-47(61,65-38)25-36(53)35(52)20-19-31(49)21-32(50)22-33(51)23-39(55)62-29(3)28(2)42(27)56;/h5-18,27-30,32-38,40-44,46,50-54,56-58,61H,19-26,48H2,1-4H3,(H,59,60);/b6-5+,9-7+,10-8+,13-11+,14-12+,17-15+,18-16+;/t27-,28-,29-,30+,32+,33+,34-,35+,36+,37-,38-,40+,41-,42+,43+,44-,46-,47+;/m0./s1. The molecule has 0 unspecified atom stereocenters. The fourth-order valence-corrected chi connectivity index (χ4v) is 7.82. The number of carboxylic acids is 1. The second kappa shape index (κ2) is 29.3. The summed E-state index contributed by atoms with van der Waals surface area (Å²) >= 11 is 0. The van der Waals surface area contributed by atoms with Gasteiger partial charge in [-0.25, -0.2) is 0 Å². The van der Waals surface area contributed by atoms with E-state index in [2.05, 4.69) is 0 Å². The number of aliphatic carboxylic acids is 1. The SMILES string of the molecule is C[C@@H]1[C@H](O)[C@@H](C)/C=C/C=C/C=C/C=C/C=C/C=C/C=C/[C@H](O[C@@H]2O[C@H](C)[C@@H](O)[C@H](N)[C@@H]2O)C[C@@H]2O[C@](O)(C[C@@H](O)[C@H](O)CCC(=O)C[C@@H](O)C[C@@H](O)CC(=O)O[C@H]1C)C[C@H](O)[C@H]2C(=O)O.[Na]. The fraction of sp³-hybridized carbons (Fsp3) is 0.638. The summed E-state index contributed by atoms with van der Waals surface area (Å²) in [5.74, 6) is -7.51. The van der Waals surface area contributed by atoms with Gasteiger partial charge in [0.15, 0.2) is 12.1 Å². The molecule has 0 spiro atoms. The second-order valence-corrected chi connectivity index (χ2v) is 17.4. The summed E-state index contributed by atoms with van der Waals surface area (Å²) < 4.78 is 23.1. The van der Waals surface area contributed by atoms with Gasteiger partial charge in [0.25, 0.3) is 0 Å². The Morgan fingerprint density at radius 2 is 1.23 bits per heavy atom.